The molecule has 462 valence electrons. The highest BCUT2D eigenvalue weighted by molar-refractivity contribution is 6.39. The van der Waals surface area contributed by atoms with Gasteiger partial charge in [0, 0.05) is 77.0 Å². The van der Waals surface area contributed by atoms with Gasteiger partial charge >= 0.3 is 0 Å². The molecule has 4 nitrogen and oxygen atoms in total. The molecule has 4 fully saturated rings. The first-order chi connectivity index (χ1) is 46.7. The summed E-state index contributed by atoms with van der Waals surface area (Å²) in [7, 11) is 0. The minimum Gasteiger partial charge on any atom is -0.310 e. The van der Waals surface area contributed by atoms with Crippen LogP contribution in [-0.2, 0) is 0 Å². The SMILES string of the molecule is c1ccc(-c2c3c4ccc(N(c5ccc(C6CCCCC6)cc5)c5ccc(C6CCCCC6)cc5)c5c6ccccc6n(c3c(-c3ccccc3)c3c6ccc(N(c7ccc(C8CCCCC8)cc7)c7ccc(C8CCCCC8)cc7)c7c8ccccc8n(c23)c67)c45)cc1. The van der Waals surface area contributed by atoms with Crippen LogP contribution < -0.4 is 9.80 Å². The summed E-state index contributed by atoms with van der Waals surface area (Å²) in [6.07, 6.45) is 26.3. The van der Waals surface area contributed by atoms with Crippen molar-refractivity contribution in [2.24, 2.45) is 0 Å². The number of nitrogens with zero attached hydrogens (tertiary/aromatic N) is 4. The number of hydrogen-bond donors (Lipinski definition) is 0. The molecule has 4 heteroatoms. The van der Waals surface area contributed by atoms with Crippen LogP contribution in [-0.4, -0.2) is 8.80 Å². The van der Waals surface area contributed by atoms with Gasteiger partial charge < -0.3 is 18.6 Å². The second-order valence-electron chi connectivity index (χ2n) is 28.7. The van der Waals surface area contributed by atoms with Gasteiger partial charge in [-0.3, -0.25) is 0 Å². The lowest BCUT2D eigenvalue weighted by Crippen LogP contribution is -2.12. The Bertz CT molecular complexity index is 4790. The number of para-hydroxylation sites is 2. The quantitative estimate of drug-likeness (QED) is 0.121. The molecule has 0 spiro atoms. The molecule has 4 aromatic heterocycles. The summed E-state index contributed by atoms with van der Waals surface area (Å²) < 4.78 is 5.41. The van der Waals surface area contributed by atoms with Crippen molar-refractivity contribution in [3.63, 3.8) is 0 Å². The van der Waals surface area contributed by atoms with Crippen LogP contribution in [0.2, 0.25) is 0 Å². The highest BCUT2D eigenvalue weighted by Gasteiger charge is 2.34. The van der Waals surface area contributed by atoms with Crippen molar-refractivity contribution in [2.75, 3.05) is 9.80 Å². The molecular weight excluding hydrogens is 1140 g/mol. The Hall–Kier alpha value is -9.38. The van der Waals surface area contributed by atoms with Crippen LogP contribution in [0.3, 0.4) is 0 Å². The molecule has 0 atom stereocenters. The second kappa shape index (κ2) is 23.3. The van der Waals surface area contributed by atoms with Crippen LogP contribution in [0.15, 0.2) is 231 Å². The Morgan fingerprint density at radius 2 is 0.521 bits per heavy atom. The average Bonchev–Trinajstić information content (AvgIpc) is 1.49. The number of anilines is 6. The molecule has 0 amide bonds. The maximum atomic E-state index is 2.71. The van der Waals surface area contributed by atoms with Crippen molar-refractivity contribution < 1.29 is 0 Å². The highest BCUT2D eigenvalue weighted by atomic mass is 15.2. The van der Waals surface area contributed by atoms with Crippen LogP contribution in [0.5, 0.6) is 0 Å². The molecule has 19 rings (SSSR count). The first-order valence-corrected chi connectivity index (χ1v) is 36.2. The van der Waals surface area contributed by atoms with E-state index in [1.165, 1.54) is 283 Å². The largest absolute Gasteiger partial charge is 0.310 e. The maximum Gasteiger partial charge on any atom is 0.0642 e. The van der Waals surface area contributed by atoms with Gasteiger partial charge in [0.25, 0.3) is 0 Å². The fourth-order valence-electron chi connectivity index (χ4n) is 19.0. The smallest absolute Gasteiger partial charge is 0.0642 e. The van der Waals surface area contributed by atoms with Gasteiger partial charge in [0.1, 0.15) is 0 Å². The van der Waals surface area contributed by atoms with Gasteiger partial charge in [-0.1, -0.05) is 235 Å². The zero-order chi connectivity index (χ0) is 61.8. The molecule has 94 heavy (non-hydrogen) atoms. The number of rotatable bonds is 12. The first kappa shape index (κ1) is 56.2. The summed E-state index contributed by atoms with van der Waals surface area (Å²) >= 11 is 0. The first-order valence-electron chi connectivity index (χ1n) is 36.2. The van der Waals surface area contributed by atoms with E-state index >= 15 is 0 Å². The molecule has 0 aliphatic heterocycles. The summed E-state index contributed by atoms with van der Waals surface area (Å²) in [6, 6.07) is 90.6. The van der Waals surface area contributed by atoms with Crippen LogP contribution in [0.1, 0.15) is 174 Å². The number of fused-ring (bicyclic) bond motifs is 12. The molecule has 4 aliphatic rings. The summed E-state index contributed by atoms with van der Waals surface area (Å²) in [5, 5.41) is 10.2. The van der Waals surface area contributed by atoms with E-state index in [2.05, 4.69) is 249 Å². The van der Waals surface area contributed by atoms with Crippen molar-refractivity contribution >= 4 is 110 Å². The van der Waals surface area contributed by atoms with Gasteiger partial charge in [0.2, 0.25) is 0 Å². The fourth-order valence-corrected chi connectivity index (χ4v) is 19.0. The van der Waals surface area contributed by atoms with Crippen LogP contribution in [0.4, 0.5) is 34.1 Å². The van der Waals surface area contributed by atoms with Gasteiger partial charge in [0.15, 0.2) is 0 Å². The van der Waals surface area contributed by atoms with E-state index in [0.29, 0.717) is 23.7 Å². The molecule has 4 heterocycles. The third kappa shape index (κ3) is 9.05. The van der Waals surface area contributed by atoms with Gasteiger partial charge in [-0.05, 0) is 181 Å². The third-order valence-electron chi connectivity index (χ3n) is 23.5. The van der Waals surface area contributed by atoms with Crippen LogP contribution in [0, 0.1) is 0 Å². The van der Waals surface area contributed by atoms with E-state index in [0.717, 1.165) is 0 Å². The van der Waals surface area contributed by atoms with E-state index in [-0.39, 0.29) is 0 Å². The van der Waals surface area contributed by atoms with Gasteiger partial charge in [-0.2, -0.15) is 0 Å². The molecule has 0 bridgehead atoms. The van der Waals surface area contributed by atoms with Gasteiger partial charge in [0.05, 0.1) is 44.5 Å². The number of aromatic nitrogens is 2. The molecule has 0 N–H and O–H groups in total. The van der Waals surface area contributed by atoms with E-state index < -0.39 is 0 Å². The normalized spacial score (nSPS) is 16.8. The van der Waals surface area contributed by atoms with Crippen molar-refractivity contribution in [1.82, 2.24) is 8.80 Å². The molecule has 0 unspecified atom stereocenters. The van der Waals surface area contributed by atoms with Crippen molar-refractivity contribution in [1.29, 1.82) is 0 Å². The van der Waals surface area contributed by atoms with E-state index in [1.54, 1.807) is 0 Å². The summed E-state index contributed by atoms with van der Waals surface area (Å²) in [5.74, 6) is 2.53. The highest BCUT2D eigenvalue weighted by Crippen LogP contribution is 2.58. The molecular formula is C90H82N4. The average molecular weight is 1220 g/mol. The lowest BCUT2D eigenvalue weighted by molar-refractivity contribution is 0.443. The Kier molecular flexibility index (Phi) is 13.9. The van der Waals surface area contributed by atoms with Gasteiger partial charge in [-0.15, -0.1) is 0 Å². The summed E-state index contributed by atoms with van der Waals surface area (Å²) in [6.45, 7) is 0. The Balaban J connectivity index is 0.899. The maximum absolute atomic E-state index is 2.71. The lowest BCUT2D eigenvalue weighted by Gasteiger charge is -2.29. The molecule has 15 aromatic rings. The standard InChI is InChI=1S/C90H82N4/c1-7-23-59(24-8-1)63-39-47-69(48-40-63)91(70-49-41-64(42-50-70)60-25-9-2-10-26-60)79-57-55-75-85-81(67-31-15-5-16-32-67)90-86(82(68-33-17-6-18-34-68)89(85)93-77-37-21-19-35-73(77)83(79)87(75)93)76-56-58-80(84-74-36-20-22-38-78(74)94(90)88(76)84)92(71-51-43-65(44-52-71)61-27-11-3-12-28-61)72-53-45-66(46-54-72)62-29-13-4-14-30-62/h5-6,15-22,31-62H,1-4,7-14,23-30H2. The van der Waals surface area contributed by atoms with Crippen molar-refractivity contribution in [3.8, 4) is 22.3 Å². The third-order valence-corrected chi connectivity index (χ3v) is 23.5. The fraction of sp³-hybridized carbons (Fsp3) is 0.267. The predicted molar refractivity (Wildman–Crippen MR) is 399 cm³/mol. The Morgan fingerprint density at radius 3 is 0.830 bits per heavy atom. The Labute approximate surface area is 552 Å². The zero-order valence-electron chi connectivity index (χ0n) is 54.2. The number of hydrogen-bond acceptors (Lipinski definition) is 2. The van der Waals surface area contributed by atoms with Crippen LogP contribution in [0.25, 0.3) is 98.4 Å². The topological polar surface area (TPSA) is 15.3 Å². The van der Waals surface area contributed by atoms with Crippen molar-refractivity contribution in [2.45, 2.75) is 152 Å². The van der Waals surface area contributed by atoms with E-state index in [4.69, 9.17) is 0 Å². The molecule has 11 aromatic carbocycles. The van der Waals surface area contributed by atoms with E-state index in [9.17, 15) is 0 Å². The monoisotopic (exact) mass is 1220 g/mol. The number of benzene rings is 11. The van der Waals surface area contributed by atoms with Gasteiger partial charge in [-0.25, -0.2) is 0 Å². The summed E-state index contributed by atoms with van der Waals surface area (Å²) in [5.41, 5.74) is 25.7. The second-order valence-corrected chi connectivity index (χ2v) is 28.7. The zero-order valence-corrected chi connectivity index (χ0v) is 54.2. The van der Waals surface area contributed by atoms with E-state index in [1.807, 2.05) is 0 Å². The summed E-state index contributed by atoms with van der Waals surface area (Å²) in [4.78, 5) is 5.20. The van der Waals surface area contributed by atoms with Crippen LogP contribution >= 0.6 is 0 Å². The minimum atomic E-state index is 0.633. The van der Waals surface area contributed by atoms with Crippen molar-refractivity contribution in [3.05, 3.63) is 253 Å². The molecule has 0 radical (unpaired) electrons. The molecule has 4 saturated carbocycles. The lowest BCUT2D eigenvalue weighted by atomic mass is 9.84. The predicted octanol–water partition coefficient (Wildman–Crippen LogP) is 26.5. The molecule has 4 aliphatic carbocycles. The minimum absolute atomic E-state index is 0.633. The molecule has 0 saturated heterocycles. The Morgan fingerprint density at radius 1 is 0.234 bits per heavy atom.